The van der Waals surface area contributed by atoms with Gasteiger partial charge in [0.1, 0.15) is 5.82 Å². The quantitative estimate of drug-likeness (QED) is 0.442. The van der Waals surface area contributed by atoms with Crippen LogP contribution in [0.25, 0.3) is 17.1 Å². The van der Waals surface area contributed by atoms with Gasteiger partial charge in [-0.25, -0.2) is 4.68 Å². The second kappa shape index (κ2) is 9.63. The van der Waals surface area contributed by atoms with Gasteiger partial charge in [0.15, 0.2) is 5.82 Å². The summed E-state index contributed by atoms with van der Waals surface area (Å²) in [7, 11) is 0. The molecule has 4 aromatic rings. The van der Waals surface area contributed by atoms with Gasteiger partial charge in [-0.1, -0.05) is 36.8 Å². The van der Waals surface area contributed by atoms with Crippen molar-refractivity contribution in [3.8, 4) is 17.1 Å². The van der Waals surface area contributed by atoms with Gasteiger partial charge in [0.2, 0.25) is 5.91 Å². The molecule has 0 bridgehead atoms. The van der Waals surface area contributed by atoms with E-state index in [1.807, 2.05) is 66.2 Å². The van der Waals surface area contributed by atoms with E-state index in [1.165, 1.54) is 6.42 Å². The van der Waals surface area contributed by atoms with Gasteiger partial charge in [0.05, 0.1) is 11.4 Å². The lowest BCUT2D eigenvalue weighted by Crippen LogP contribution is -2.13. The van der Waals surface area contributed by atoms with Crippen LogP contribution in [-0.2, 0) is 24.2 Å². The number of carbonyl (C=O) groups is 1. The molecule has 0 fully saturated rings. The smallest absolute Gasteiger partial charge is 0.224 e. The van der Waals surface area contributed by atoms with Gasteiger partial charge in [-0.2, -0.15) is 5.10 Å². The van der Waals surface area contributed by atoms with E-state index in [0.717, 1.165) is 71.3 Å². The highest BCUT2D eigenvalue weighted by Gasteiger charge is 2.17. The average Bonchev–Trinajstić information content (AvgIpc) is 3.28. The number of nitrogens with one attached hydrogen (secondary N) is 1. The number of anilines is 1. The monoisotopic (exact) mass is 454 g/mol. The van der Waals surface area contributed by atoms with Crippen LogP contribution in [0.3, 0.4) is 0 Å². The van der Waals surface area contributed by atoms with Crippen LogP contribution in [0.1, 0.15) is 48.5 Å². The van der Waals surface area contributed by atoms with Crippen molar-refractivity contribution in [2.45, 2.75) is 58.9 Å². The molecule has 0 spiro atoms. The predicted octanol–water partition coefficient (Wildman–Crippen LogP) is 5.05. The summed E-state index contributed by atoms with van der Waals surface area (Å²) in [6.45, 7) is 5.01. The molecule has 0 saturated heterocycles. The molecule has 3 heterocycles. The highest BCUT2D eigenvalue weighted by atomic mass is 16.1. The summed E-state index contributed by atoms with van der Waals surface area (Å²) in [5, 5.41) is 16.6. The van der Waals surface area contributed by atoms with Crippen LogP contribution in [0.4, 0.5) is 5.69 Å². The Bertz CT molecular complexity index is 1300. The fourth-order valence-corrected chi connectivity index (χ4v) is 4.75. The lowest BCUT2D eigenvalue weighted by atomic mass is 10.1. The Morgan fingerprint density at radius 2 is 1.85 bits per heavy atom. The number of para-hydroxylation sites is 1. The molecular weight excluding hydrogens is 424 g/mol. The summed E-state index contributed by atoms with van der Waals surface area (Å²) in [5.41, 5.74) is 5.95. The van der Waals surface area contributed by atoms with Crippen LogP contribution >= 0.6 is 0 Å². The number of nitrogens with zero attached hydrogens (tertiary/aromatic N) is 5. The van der Waals surface area contributed by atoms with Crippen molar-refractivity contribution in [1.82, 2.24) is 24.5 Å². The number of fused-ring (bicyclic) bond motifs is 1. The SMILES string of the molecule is Cc1nn(-c2ccccc2)c(C)c1CCC(=O)Nc1cccc(-c2nnc3n2CCCCC3)c1. The second-order valence-electron chi connectivity index (χ2n) is 8.93. The van der Waals surface area contributed by atoms with Crippen molar-refractivity contribution in [2.75, 3.05) is 5.32 Å². The van der Waals surface area contributed by atoms with Crippen molar-refractivity contribution in [2.24, 2.45) is 0 Å². The number of carbonyl (C=O) groups excluding carboxylic acids is 1. The summed E-state index contributed by atoms with van der Waals surface area (Å²) in [4.78, 5) is 12.8. The minimum Gasteiger partial charge on any atom is -0.326 e. The number of aromatic nitrogens is 5. The van der Waals surface area contributed by atoms with Crippen LogP contribution in [0.2, 0.25) is 0 Å². The molecule has 174 valence electrons. The minimum atomic E-state index is -0.0107. The van der Waals surface area contributed by atoms with Crippen LogP contribution in [0.5, 0.6) is 0 Å². The van der Waals surface area contributed by atoms with E-state index < -0.39 is 0 Å². The first-order valence-corrected chi connectivity index (χ1v) is 12.0. The summed E-state index contributed by atoms with van der Waals surface area (Å²) in [6.07, 6.45) is 5.55. The topological polar surface area (TPSA) is 77.6 Å². The zero-order valence-electron chi connectivity index (χ0n) is 19.8. The van der Waals surface area contributed by atoms with E-state index in [-0.39, 0.29) is 5.91 Å². The first-order valence-electron chi connectivity index (χ1n) is 12.0. The highest BCUT2D eigenvalue weighted by molar-refractivity contribution is 5.91. The lowest BCUT2D eigenvalue weighted by molar-refractivity contribution is -0.116. The van der Waals surface area contributed by atoms with Crippen molar-refractivity contribution in [3.05, 3.63) is 77.4 Å². The third-order valence-corrected chi connectivity index (χ3v) is 6.56. The molecule has 1 aliphatic heterocycles. The Hall–Kier alpha value is -3.74. The van der Waals surface area contributed by atoms with E-state index in [1.54, 1.807) is 0 Å². The third kappa shape index (κ3) is 4.51. The molecule has 1 N–H and O–H groups in total. The number of rotatable bonds is 6. The second-order valence-corrected chi connectivity index (χ2v) is 8.93. The van der Waals surface area contributed by atoms with Gasteiger partial charge in [-0.15, -0.1) is 10.2 Å². The van der Waals surface area contributed by atoms with E-state index in [4.69, 9.17) is 5.10 Å². The number of amides is 1. The molecular formula is C27H30N6O. The minimum absolute atomic E-state index is 0.0107. The Balaban J connectivity index is 1.27. The maximum absolute atomic E-state index is 12.8. The maximum atomic E-state index is 12.8. The molecule has 5 rings (SSSR count). The third-order valence-electron chi connectivity index (χ3n) is 6.56. The molecule has 0 unspecified atom stereocenters. The molecule has 0 atom stereocenters. The molecule has 34 heavy (non-hydrogen) atoms. The summed E-state index contributed by atoms with van der Waals surface area (Å²) >= 11 is 0. The summed E-state index contributed by atoms with van der Waals surface area (Å²) < 4.78 is 4.18. The van der Waals surface area contributed by atoms with E-state index in [0.29, 0.717) is 12.8 Å². The van der Waals surface area contributed by atoms with Crippen LogP contribution < -0.4 is 5.32 Å². The molecule has 2 aromatic heterocycles. The zero-order valence-corrected chi connectivity index (χ0v) is 19.8. The van der Waals surface area contributed by atoms with E-state index in [2.05, 4.69) is 27.0 Å². The van der Waals surface area contributed by atoms with Gasteiger partial charge in [0, 0.05) is 36.3 Å². The first-order chi connectivity index (χ1) is 16.6. The van der Waals surface area contributed by atoms with Crippen LogP contribution in [-0.4, -0.2) is 30.5 Å². The van der Waals surface area contributed by atoms with Gasteiger partial charge in [-0.3, -0.25) is 4.79 Å². The molecule has 0 radical (unpaired) electrons. The van der Waals surface area contributed by atoms with Gasteiger partial charge in [-0.05, 0) is 62.9 Å². The normalized spacial score (nSPS) is 13.4. The zero-order chi connectivity index (χ0) is 23.5. The van der Waals surface area contributed by atoms with Crippen molar-refractivity contribution in [1.29, 1.82) is 0 Å². The van der Waals surface area contributed by atoms with E-state index in [9.17, 15) is 4.79 Å². The van der Waals surface area contributed by atoms with Crippen molar-refractivity contribution in [3.63, 3.8) is 0 Å². The number of hydrogen-bond donors (Lipinski definition) is 1. The fraction of sp³-hybridized carbons (Fsp3) is 0.333. The molecule has 7 nitrogen and oxygen atoms in total. The molecule has 2 aromatic carbocycles. The highest BCUT2D eigenvalue weighted by Crippen LogP contribution is 2.25. The molecule has 7 heteroatoms. The number of benzene rings is 2. The first kappa shape index (κ1) is 22.1. The Morgan fingerprint density at radius 1 is 1.00 bits per heavy atom. The van der Waals surface area contributed by atoms with Gasteiger partial charge in [0.25, 0.3) is 0 Å². The lowest BCUT2D eigenvalue weighted by Gasteiger charge is -2.10. The summed E-state index contributed by atoms with van der Waals surface area (Å²) in [6, 6.07) is 18.0. The molecule has 0 aliphatic carbocycles. The largest absolute Gasteiger partial charge is 0.326 e. The van der Waals surface area contributed by atoms with E-state index >= 15 is 0 Å². The van der Waals surface area contributed by atoms with Crippen LogP contribution in [0, 0.1) is 13.8 Å². The predicted molar refractivity (Wildman–Crippen MR) is 133 cm³/mol. The Morgan fingerprint density at radius 3 is 2.71 bits per heavy atom. The maximum Gasteiger partial charge on any atom is 0.224 e. The summed E-state index contributed by atoms with van der Waals surface area (Å²) in [5.74, 6) is 1.93. The number of hydrogen-bond acceptors (Lipinski definition) is 4. The van der Waals surface area contributed by atoms with Gasteiger partial charge < -0.3 is 9.88 Å². The van der Waals surface area contributed by atoms with Crippen molar-refractivity contribution >= 4 is 11.6 Å². The average molecular weight is 455 g/mol. The van der Waals surface area contributed by atoms with Gasteiger partial charge >= 0.3 is 0 Å². The molecule has 1 aliphatic rings. The molecule has 0 saturated carbocycles. The van der Waals surface area contributed by atoms with Crippen molar-refractivity contribution < 1.29 is 4.79 Å². The standard InChI is InChI=1S/C27H30N6O/c1-19-24(20(2)33(31-19)23-12-5-3-6-13-23)15-16-26(34)28-22-11-9-10-21(18-22)27-30-29-25-14-7-4-8-17-32(25)27/h3,5-6,9-13,18H,4,7-8,14-17H2,1-2H3,(H,28,34). The Labute approximate surface area is 199 Å². The number of aryl methyl sites for hydroxylation is 2. The Kier molecular flexibility index (Phi) is 6.25. The van der Waals surface area contributed by atoms with Crippen LogP contribution in [0.15, 0.2) is 54.6 Å². The fourth-order valence-electron chi connectivity index (χ4n) is 4.75. The molecule has 1 amide bonds.